The number of rotatable bonds is 5. The molecule has 0 aliphatic rings. The summed E-state index contributed by atoms with van der Waals surface area (Å²) in [5.74, 6) is -1.20. The van der Waals surface area contributed by atoms with E-state index in [1.165, 1.54) is 0 Å². The van der Waals surface area contributed by atoms with Crippen LogP contribution in [0, 0.1) is 0 Å². The van der Waals surface area contributed by atoms with Gasteiger partial charge in [0.05, 0.1) is 6.29 Å². The highest BCUT2D eigenvalue weighted by atomic mass is 32.3. The molecular formula is C4H12NO9PS2. The van der Waals surface area contributed by atoms with E-state index in [4.69, 9.17) is 32.4 Å². The van der Waals surface area contributed by atoms with Crippen LogP contribution in [0.1, 0.15) is 0 Å². The minimum absolute atomic E-state index is 0.0185. The highest BCUT2D eigenvalue weighted by Gasteiger charge is 2.19. The summed E-state index contributed by atoms with van der Waals surface area (Å²) >= 11 is 3.69. The van der Waals surface area contributed by atoms with Crippen molar-refractivity contribution in [3.05, 3.63) is 0 Å². The van der Waals surface area contributed by atoms with Crippen molar-refractivity contribution >= 4 is 36.6 Å². The number of carboxylic acids is 1. The first-order valence-corrected chi connectivity index (χ1v) is 7.51. The molecule has 0 radical (unpaired) electrons. The summed E-state index contributed by atoms with van der Waals surface area (Å²) < 4.78 is 41.9. The third-order valence-electron chi connectivity index (χ3n) is 1.02. The van der Waals surface area contributed by atoms with Crippen LogP contribution in [0.2, 0.25) is 0 Å². The lowest BCUT2D eigenvalue weighted by atomic mass is 10.3. The summed E-state index contributed by atoms with van der Waals surface area (Å²) in [6, 6.07) is -1.03. The zero-order chi connectivity index (χ0) is 14.3. The van der Waals surface area contributed by atoms with E-state index in [1.54, 1.807) is 0 Å². The second kappa shape index (κ2) is 8.00. The Morgan fingerprint density at radius 2 is 1.71 bits per heavy atom. The molecule has 0 spiro atoms. The molecule has 0 bridgehead atoms. The van der Waals surface area contributed by atoms with Gasteiger partial charge in [0.25, 0.3) is 0 Å². The predicted octanol–water partition coefficient (Wildman–Crippen LogP) is -1.56. The number of thiol groups is 1. The van der Waals surface area contributed by atoms with Crippen LogP contribution in [-0.2, 0) is 19.8 Å². The SMILES string of the molecule is O=C(O)C(CS)NCP(=O)(O)O.O=S(=O)(O)O. The molecule has 104 valence electrons. The molecule has 0 aliphatic carbocycles. The Kier molecular flexibility index (Phi) is 9.01. The zero-order valence-electron chi connectivity index (χ0n) is 8.16. The molecule has 1 atom stereocenters. The molecule has 0 rings (SSSR count). The van der Waals surface area contributed by atoms with Gasteiger partial charge in [-0.1, -0.05) is 0 Å². The monoisotopic (exact) mass is 313 g/mol. The third kappa shape index (κ3) is 21.6. The highest BCUT2D eigenvalue weighted by Crippen LogP contribution is 2.32. The fourth-order valence-corrected chi connectivity index (χ4v) is 1.20. The van der Waals surface area contributed by atoms with Crippen LogP contribution in [-0.4, -0.2) is 56.5 Å². The van der Waals surface area contributed by atoms with Gasteiger partial charge in [0, 0.05) is 5.75 Å². The van der Waals surface area contributed by atoms with Crippen LogP contribution in [0.3, 0.4) is 0 Å². The average Bonchev–Trinajstić information content (AvgIpc) is 1.98. The number of nitrogens with one attached hydrogen (secondary N) is 1. The molecule has 13 heteroatoms. The van der Waals surface area contributed by atoms with E-state index in [0.29, 0.717) is 0 Å². The van der Waals surface area contributed by atoms with Crippen molar-refractivity contribution in [3.63, 3.8) is 0 Å². The summed E-state index contributed by atoms with van der Waals surface area (Å²) in [7, 11) is -8.85. The summed E-state index contributed by atoms with van der Waals surface area (Å²) in [6.07, 6.45) is -0.648. The second-order valence-electron chi connectivity index (χ2n) is 2.55. The second-order valence-corrected chi connectivity index (χ2v) is 5.45. The van der Waals surface area contributed by atoms with Crippen LogP contribution in [0.5, 0.6) is 0 Å². The van der Waals surface area contributed by atoms with E-state index in [9.17, 15) is 9.36 Å². The molecule has 17 heavy (non-hydrogen) atoms. The van der Waals surface area contributed by atoms with E-state index in [-0.39, 0.29) is 5.75 Å². The van der Waals surface area contributed by atoms with Gasteiger partial charge in [-0.2, -0.15) is 21.0 Å². The number of carbonyl (C=O) groups is 1. The van der Waals surface area contributed by atoms with Gasteiger partial charge in [-0.25, -0.2) is 0 Å². The maximum Gasteiger partial charge on any atom is 0.394 e. The third-order valence-corrected chi connectivity index (χ3v) is 1.98. The van der Waals surface area contributed by atoms with Crippen LogP contribution in [0.25, 0.3) is 0 Å². The van der Waals surface area contributed by atoms with Crippen molar-refractivity contribution in [2.75, 3.05) is 12.0 Å². The van der Waals surface area contributed by atoms with E-state index in [2.05, 4.69) is 17.9 Å². The van der Waals surface area contributed by atoms with Crippen molar-refractivity contribution in [2.24, 2.45) is 0 Å². The van der Waals surface area contributed by atoms with E-state index in [1.807, 2.05) is 0 Å². The number of aliphatic carboxylic acids is 1. The molecule has 10 nitrogen and oxygen atoms in total. The van der Waals surface area contributed by atoms with Gasteiger partial charge in [-0.3, -0.25) is 23.8 Å². The Labute approximate surface area is 102 Å². The molecule has 0 aliphatic heterocycles. The quantitative estimate of drug-likeness (QED) is 0.178. The lowest BCUT2D eigenvalue weighted by Gasteiger charge is -2.11. The number of hydrogen-bond acceptors (Lipinski definition) is 6. The van der Waals surface area contributed by atoms with Crippen molar-refractivity contribution in [2.45, 2.75) is 6.04 Å². The minimum Gasteiger partial charge on any atom is -0.480 e. The molecule has 0 amide bonds. The van der Waals surface area contributed by atoms with Crippen LogP contribution in [0.4, 0.5) is 0 Å². The fraction of sp³-hybridized carbons (Fsp3) is 0.750. The smallest absolute Gasteiger partial charge is 0.394 e. The van der Waals surface area contributed by atoms with E-state index >= 15 is 0 Å². The lowest BCUT2D eigenvalue weighted by Crippen LogP contribution is -2.38. The first-order valence-electron chi connectivity index (χ1n) is 3.68. The van der Waals surface area contributed by atoms with E-state index in [0.717, 1.165) is 0 Å². The zero-order valence-corrected chi connectivity index (χ0v) is 10.8. The van der Waals surface area contributed by atoms with Gasteiger partial charge < -0.3 is 14.9 Å². The molecule has 0 fully saturated rings. The Morgan fingerprint density at radius 3 is 1.88 bits per heavy atom. The number of carboxylic acid groups (broad SMARTS) is 1. The van der Waals surface area contributed by atoms with Crippen LogP contribution < -0.4 is 5.32 Å². The maximum absolute atomic E-state index is 10.3. The van der Waals surface area contributed by atoms with E-state index < -0.39 is 36.3 Å². The largest absolute Gasteiger partial charge is 0.480 e. The normalized spacial score (nSPS) is 13.5. The van der Waals surface area contributed by atoms with Crippen molar-refractivity contribution in [3.8, 4) is 0 Å². The van der Waals surface area contributed by atoms with Gasteiger partial charge in [0.1, 0.15) is 6.04 Å². The van der Waals surface area contributed by atoms with Gasteiger partial charge >= 0.3 is 24.0 Å². The summed E-state index contributed by atoms with van der Waals surface area (Å²) in [4.78, 5) is 27.0. The molecule has 1 unspecified atom stereocenters. The van der Waals surface area contributed by atoms with Gasteiger partial charge in [-0.05, 0) is 0 Å². The fourth-order valence-electron chi connectivity index (χ4n) is 0.459. The summed E-state index contributed by atoms with van der Waals surface area (Å²) in [6.45, 7) is 0. The molecule has 0 saturated heterocycles. The highest BCUT2D eigenvalue weighted by molar-refractivity contribution is 7.80. The predicted molar refractivity (Wildman–Crippen MR) is 59.5 cm³/mol. The number of hydrogen-bond donors (Lipinski definition) is 7. The van der Waals surface area contributed by atoms with Gasteiger partial charge in [0.2, 0.25) is 0 Å². The van der Waals surface area contributed by atoms with Gasteiger partial charge in [-0.15, -0.1) is 0 Å². The maximum atomic E-state index is 10.3. The summed E-state index contributed by atoms with van der Waals surface area (Å²) in [5.41, 5.74) is 0. The Morgan fingerprint density at radius 1 is 1.35 bits per heavy atom. The molecule has 0 heterocycles. The first kappa shape index (κ1) is 19.1. The molecular weight excluding hydrogens is 301 g/mol. The molecule has 0 aromatic carbocycles. The molecule has 6 N–H and O–H groups in total. The van der Waals surface area contributed by atoms with Crippen LogP contribution in [0.15, 0.2) is 0 Å². The Balaban J connectivity index is 0. The standard InChI is InChI=1S/C4H10NO5PS.H2O4S/c6-4(7)3(1-12)5-2-11(8,9)10;1-5(2,3)4/h3,5,12H,1-2H2,(H,6,7)(H2,8,9,10);(H2,1,2,3,4). The Hall–Kier alpha value is -0.200. The van der Waals surface area contributed by atoms with Crippen molar-refractivity contribution < 1.29 is 41.8 Å². The molecule has 0 aromatic rings. The first-order chi connectivity index (χ1) is 7.37. The average molecular weight is 313 g/mol. The topological polar surface area (TPSA) is 181 Å². The Bertz CT molecular complexity index is 366. The van der Waals surface area contributed by atoms with Gasteiger partial charge in [0.15, 0.2) is 0 Å². The molecule has 0 saturated carbocycles. The molecule has 0 aromatic heterocycles. The minimum atomic E-state index is -4.67. The van der Waals surface area contributed by atoms with Crippen molar-refractivity contribution in [1.82, 2.24) is 5.32 Å². The lowest BCUT2D eigenvalue weighted by molar-refractivity contribution is -0.138. The van der Waals surface area contributed by atoms with Crippen LogP contribution >= 0.6 is 20.2 Å². The van der Waals surface area contributed by atoms with Crippen molar-refractivity contribution in [1.29, 1.82) is 0 Å². The summed E-state index contributed by atoms with van der Waals surface area (Å²) in [5, 5.41) is 10.6.